The number of aryl methyl sites for hydroxylation is 1. The number of piperazine rings is 1. The zero-order valence-corrected chi connectivity index (χ0v) is 13.1. The second kappa shape index (κ2) is 6.36. The molecule has 112 valence electrons. The van der Waals surface area contributed by atoms with Crippen LogP contribution in [0.2, 0.25) is 0 Å². The predicted molar refractivity (Wildman–Crippen MR) is 82.9 cm³/mol. The Morgan fingerprint density at radius 3 is 2.62 bits per heavy atom. The largest absolute Gasteiger partial charge is 0.481 e. The number of hydrogen-bond donors (Lipinski definition) is 0. The lowest BCUT2D eigenvalue weighted by atomic mass is 10.2. The van der Waals surface area contributed by atoms with Crippen molar-refractivity contribution < 1.29 is 4.74 Å². The summed E-state index contributed by atoms with van der Waals surface area (Å²) >= 11 is 1.49. The molecule has 0 unspecified atom stereocenters. The lowest BCUT2D eigenvalue weighted by Gasteiger charge is -2.34. The predicted octanol–water partition coefficient (Wildman–Crippen LogP) is 1.57. The lowest BCUT2D eigenvalue weighted by molar-refractivity contribution is 0.249. The van der Waals surface area contributed by atoms with Gasteiger partial charge in [-0.05, 0) is 12.5 Å². The quantitative estimate of drug-likeness (QED) is 0.855. The van der Waals surface area contributed by atoms with Gasteiger partial charge >= 0.3 is 0 Å². The van der Waals surface area contributed by atoms with E-state index in [9.17, 15) is 0 Å². The van der Waals surface area contributed by atoms with E-state index in [1.165, 1.54) is 17.1 Å². The number of ether oxygens (including phenoxy) is 1. The minimum atomic E-state index is 0.662. The summed E-state index contributed by atoms with van der Waals surface area (Å²) in [4.78, 5) is 13.5. The summed E-state index contributed by atoms with van der Waals surface area (Å²) in [7, 11) is 1.64. The van der Waals surface area contributed by atoms with Gasteiger partial charge in [-0.2, -0.15) is 4.37 Å². The summed E-state index contributed by atoms with van der Waals surface area (Å²) in [6.07, 6.45) is 1.89. The van der Waals surface area contributed by atoms with E-state index in [0.29, 0.717) is 5.88 Å². The highest BCUT2D eigenvalue weighted by atomic mass is 32.1. The Morgan fingerprint density at radius 2 is 2.05 bits per heavy atom. The van der Waals surface area contributed by atoms with Gasteiger partial charge in [-0.25, -0.2) is 9.97 Å². The van der Waals surface area contributed by atoms with E-state index in [1.807, 2.05) is 19.2 Å². The van der Waals surface area contributed by atoms with Gasteiger partial charge in [0.25, 0.3) is 0 Å². The molecule has 0 aliphatic carbocycles. The van der Waals surface area contributed by atoms with Crippen molar-refractivity contribution >= 4 is 16.7 Å². The minimum Gasteiger partial charge on any atom is -0.481 e. The molecule has 1 saturated heterocycles. The molecular formula is C14H19N5OS. The van der Waals surface area contributed by atoms with Crippen molar-refractivity contribution in [2.75, 3.05) is 38.2 Å². The van der Waals surface area contributed by atoms with Gasteiger partial charge in [0, 0.05) is 56.5 Å². The number of aromatic nitrogens is 3. The van der Waals surface area contributed by atoms with Crippen molar-refractivity contribution in [2.45, 2.75) is 13.5 Å². The molecule has 2 aromatic rings. The second-order valence-corrected chi connectivity index (χ2v) is 5.83. The maximum Gasteiger partial charge on any atom is 0.212 e. The molecule has 0 saturated carbocycles. The fourth-order valence-corrected chi connectivity index (χ4v) is 3.12. The van der Waals surface area contributed by atoms with Crippen LogP contribution >= 0.6 is 11.5 Å². The van der Waals surface area contributed by atoms with Gasteiger partial charge in [0.05, 0.1) is 7.11 Å². The maximum atomic E-state index is 5.08. The first-order valence-corrected chi connectivity index (χ1v) is 7.78. The van der Waals surface area contributed by atoms with Crippen LogP contribution in [0.15, 0.2) is 18.3 Å². The highest BCUT2D eigenvalue weighted by Gasteiger charge is 2.19. The Kier molecular flexibility index (Phi) is 4.31. The number of pyridine rings is 1. The molecule has 0 amide bonds. The fraction of sp³-hybridized carbons (Fsp3) is 0.500. The summed E-state index contributed by atoms with van der Waals surface area (Å²) in [5.41, 5.74) is 1.22. The molecule has 0 bridgehead atoms. The van der Waals surface area contributed by atoms with Crippen LogP contribution in [0.4, 0.5) is 5.13 Å². The monoisotopic (exact) mass is 305 g/mol. The SMILES string of the molecule is COc1ccc(CN2CCN(c3nc(C)ns3)CC2)cn1. The Bertz CT molecular complexity index is 577. The first-order chi connectivity index (χ1) is 10.2. The third kappa shape index (κ3) is 3.48. The summed E-state index contributed by atoms with van der Waals surface area (Å²) in [5.74, 6) is 1.52. The molecule has 1 fully saturated rings. The normalized spacial score (nSPS) is 16.2. The van der Waals surface area contributed by atoms with E-state index >= 15 is 0 Å². The van der Waals surface area contributed by atoms with Crippen molar-refractivity contribution in [1.29, 1.82) is 0 Å². The maximum absolute atomic E-state index is 5.08. The smallest absolute Gasteiger partial charge is 0.212 e. The molecule has 3 rings (SSSR count). The van der Waals surface area contributed by atoms with Gasteiger partial charge in [-0.15, -0.1) is 0 Å². The Morgan fingerprint density at radius 1 is 1.24 bits per heavy atom. The standard InChI is InChI=1S/C14H19N5OS/c1-11-16-14(21-17-11)19-7-5-18(6-8-19)10-12-3-4-13(20-2)15-9-12/h3-4,9H,5-8,10H2,1-2H3. The minimum absolute atomic E-state index is 0.662. The highest BCUT2D eigenvalue weighted by Crippen LogP contribution is 2.19. The van der Waals surface area contributed by atoms with Crippen LogP contribution in [0.3, 0.4) is 0 Å². The van der Waals surface area contributed by atoms with Gasteiger partial charge in [0.15, 0.2) is 0 Å². The molecule has 0 spiro atoms. The first-order valence-electron chi connectivity index (χ1n) is 7.01. The van der Waals surface area contributed by atoms with E-state index in [4.69, 9.17) is 4.74 Å². The molecule has 2 aromatic heterocycles. The van der Waals surface area contributed by atoms with Crippen molar-refractivity contribution in [2.24, 2.45) is 0 Å². The Labute approximate surface area is 128 Å². The van der Waals surface area contributed by atoms with E-state index in [0.717, 1.165) is 43.7 Å². The van der Waals surface area contributed by atoms with E-state index < -0.39 is 0 Å². The zero-order valence-electron chi connectivity index (χ0n) is 12.3. The second-order valence-electron chi connectivity index (χ2n) is 5.10. The summed E-state index contributed by atoms with van der Waals surface area (Å²) < 4.78 is 9.33. The lowest BCUT2D eigenvalue weighted by Crippen LogP contribution is -2.45. The van der Waals surface area contributed by atoms with Gasteiger partial charge in [0.2, 0.25) is 11.0 Å². The third-order valence-corrected chi connectivity index (χ3v) is 4.44. The molecule has 0 atom stereocenters. The molecule has 3 heterocycles. The average molecular weight is 305 g/mol. The highest BCUT2D eigenvalue weighted by molar-refractivity contribution is 7.09. The van der Waals surface area contributed by atoms with Crippen LogP contribution in [0, 0.1) is 6.92 Å². The van der Waals surface area contributed by atoms with Crippen LogP contribution in [0.5, 0.6) is 5.88 Å². The molecule has 1 aliphatic rings. The van der Waals surface area contributed by atoms with E-state index in [1.54, 1.807) is 7.11 Å². The number of rotatable bonds is 4. The number of hydrogen-bond acceptors (Lipinski definition) is 7. The number of nitrogens with zero attached hydrogens (tertiary/aromatic N) is 5. The van der Waals surface area contributed by atoms with Gasteiger partial charge < -0.3 is 9.64 Å². The van der Waals surface area contributed by atoms with E-state index in [2.05, 4.69) is 30.2 Å². The van der Waals surface area contributed by atoms with Crippen LogP contribution < -0.4 is 9.64 Å². The summed E-state index contributed by atoms with van der Waals surface area (Å²) in [5, 5.41) is 1.04. The van der Waals surface area contributed by atoms with E-state index in [-0.39, 0.29) is 0 Å². The molecule has 0 N–H and O–H groups in total. The van der Waals surface area contributed by atoms with Crippen LogP contribution in [0.25, 0.3) is 0 Å². The van der Waals surface area contributed by atoms with Crippen LogP contribution in [-0.4, -0.2) is 52.5 Å². The average Bonchev–Trinajstić information content (AvgIpc) is 2.95. The Hall–Kier alpha value is -1.73. The molecule has 6 nitrogen and oxygen atoms in total. The number of anilines is 1. The van der Waals surface area contributed by atoms with Crippen molar-refractivity contribution in [3.05, 3.63) is 29.7 Å². The van der Waals surface area contributed by atoms with Crippen molar-refractivity contribution in [3.8, 4) is 5.88 Å². The molecule has 0 aromatic carbocycles. The fourth-order valence-electron chi connectivity index (χ4n) is 2.40. The van der Waals surface area contributed by atoms with Gasteiger partial charge in [-0.3, -0.25) is 4.90 Å². The first kappa shape index (κ1) is 14.2. The topological polar surface area (TPSA) is 54.4 Å². The van der Waals surface area contributed by atoms with Gasteiger partial charge in [0.1, 0.15) is 5.82 Å². The molecule has 1 aliphatic heterocycles. The van der Waals surface area contributed by atoms with Crippen LogP contribution in [0.1, 0.15) is 11.4 Å². The zero-order chi connectivity index (χ0) is 14.7. The molecular weight excluding hydrogens is 286 g/mol. The Balaban J connectivity index is 1.53. The van der Waals surface area contributed by atoms with Crippen molar-refractivity contribution in [1.82, 2.24) is 19.2 Å². The molecule has 21 heavy (non-hydrogen) atoms. The third-order valence-electron chi connectivity index (χ3n) is 3.57. The molecule has 7 heteroatoms. The molecule has 0 radical (unpaired) electrons. The summed E-state index contributed by atoms with van der Waals surface area (Å²) in [6.45, 7) is 6.93. The summed E-state index contributed by atoms with van der Waals surface area (Å²) in [6, 6.07) is 3.99. The number of methoxy groups -OCH3 is 1. The van der Waals surface area contributed by atoms with Crippen molar-refractivity contribution in [3.63, 3.8) is 0 Å². The van der Waals surface area contributed by atoms with Gasteiger partial charge in [-0.1, -0.05) is 6.07 Å². The van der Waals surface area contributed by atoms with Crippen LogP contribution in [-0.2, 0) is 6.54 Å².